The number of halogens is 1. The number of unbranched alkanes of at least 4 members (excludes halogenated alkanes) is 1. The summed E-state index contributed by atoms with van der Waals surface area (Å²) in [6, 6.07) is 5.61. The molecule has 0 fully saturated rings. The van der Waals surface area contributed by atoms with Gasteiger partial charge in [0.2, 0.25) is 0 Å². The number of ether oxygens (including phenoxy) is 2. The zero-order valence-electron chi connectivity index (χ0n) is 12.8. The Hall–Kier alpha value is -1.44. The van der Waals surface area contributed by atoms with Gasteiger partial charge in [-0.3, -0.25) is 0 Å². The van der Waals surface area contributed by atoms with Crippen molar-refractivity contribution >= 4 is 11.6 Å². The third kappa shape index (κ3) is 5.45. The second-order valence-electron chi connectivity index (χ2n) is 5.56. The molecule has 0 heterocycles. The third-order valence-electron chi connectivity index (χ3n) is 3.23. The van der Waals surface area contributed by atoms with E-state index in [1.165, 1.54) is 7.11 Å². The summed E-state index contributed by atoms with van der Waals surface area (Å²) in [4.78, 5) is 0. The quantitative estimate of drug-likeness (QED) is 0.739. The van der Waals surface area contributed by atoms with Gasteiger partial charge in [-0.1, -0.05) is 11.6 Å². The van der Waals surface area contributed by atoms with Gasteiger partial charge in [0.15, 0.2) is 11.5 Å². The Morgan fingerprint density at radius 1 is 1.33 bits per heavy atom. The molecule has 0 aromatic heterocycles. The molecule has 1 N–H and O–H groups in total. The average Bonchev–Trinajstić information content (AvgIpc) is 2.47. The summed E-state index contributed by atoms with van der Waals surface area (Å²) in [5.74, 6) is 1.05. The first-order valence-corrected chi connectivity index (χ1v) is 7.32. The number of rotatable bonds is 8. The Balaban J connectivity index is 2.58. The lowest BCUT2D eigenvalue weighted by molar-refractivity contribution is 0.249. The highest BCUT2D eigenvalue weighted by molar-refractivity contribution is 6.30. The highest BCUT2D eigenvalue weighted by atomic mass is 35.5. The Morgan fingerprint density at radius 2 is 2.05 bits per heavy atom. The molecule has 0 aliphatic carbocycles. The van der Waals surface area contributed by atoms with E-state index in [1.807, 2.05) is 13.8 Å². The Kier molecular flexibility index (Phi) is 6.80. The third-order valence-corrected chi connectivity index (χ3v) is 3.45. The average molecular weight is 312 g/mol. The lowest BCUT2D eigenvalue weighted by Crippen LogP contribution is -2.09. The van der Waals surface area contributed by atoms with Gasteiger partial charge in [0.05, 0.1) is 31.8 Å². The van der Waals surface area contributed by atoms with Crippen molar-refractivity contribution in [3.05, 3.63) is 22.7 Å². The molecule has 116 valence electrons. The fraction of sp³-hybridized carbons (Fsp3) is 0.562. The van der Waals surface area contributed by atoms with Crippen LogP contribution >= 0.6 is 11.6 Å². The van der Waals surface area contributed by atoms with E-state index in [-0.39, 0.29) is 12.0 Å². The van der Waals surface area contributed by atoms with E-state index >= 15 is 0 Å². The summed E-state index contributed by atoms with van der Waals surface area (Å²) in [5, 5.41) is 18.8. The molecule has 4 nitrogen and oxygen atoms in total. The van der Waals surface area contributed by atoms with E-state index in [4.69, 9.17) is 26.3 Å². The summed E-state index contributed by atoms with van der Waals surface area (Å²) in [7, 11) is 1.54. The van der Waals surface area contributed by atoms with E-state index in [9.17, 15) is 5.11 Å². The molecule has 0 aliphatic heterocycles. The maximum Gasteiger partial charge on any atom is 0.166 e. The van der Waals surface area contributed by atoms with Crippen LogP contribution in [0.5, 0.6) is 11.5 Å². The van der Waals surface area contributed by atoms with Crippen molar-refractivity contribution < 1.29 is 14.6 Å². The predicted octanol–water partition coefficient (Wildman–Crippen LogP) is 3.94. The number of benzene rings is 1. The maximum absolute atomic E-state index is 9.37. The topological polar surface area (TPSA) is 62.5 Å². The van der Waals surface area contributed by atoms with E-state index in [2.05, 4.69) is 6.07 Å². The SMILES string of the molecule is COc1cc(Cl)cc(CO)c1OCCCCC(C)(C)C#N. The summed E-state index contributed by atoms with van der Waals surface area (Å²) >= 11 is 5.95. The van der Waals surface area contributed by atoms with Gasteiger partial charge >= 0.3 is 0 Å². The number of aliphatic hydroxyl groups excluding tert-OH is 1. The molecule has 5 heteroatoms. The van der Waals surface area contributed by atoms with Crippen LogP contribution in [0.2, 0.25) is 5.02 Å². The van der Waals surface area contributed by atoms with Crippen molar-refractivity contribution in [2.75, 3.05) is 13.7 Å². The maximum atomic E-state index is 9.37. The Bertz CT molecular complexity index is 484. The van der Waals surface area contributed by atoms with Gasteiger partial charge in [0.1, 0.15) is 0 Å². The molecule has 0 radical (unpaired) electrons. The van der Waals surface area contributed by atoms with Crippen molar-refractivity contribution in [1.29, 1.82) is 5.26 Å². The van der Waals surface area contributed by atoms with Gasteiger partial charge in [-0.25, -0.2) is 0 Å². The molecular formula is C16H22ClNO3. The monoisotopic (exact) mass is 311 g/mol. The van der Waals surface area contributed by atoms with E-state index in [1.54, 1.807) is 12.1 Å². The van der Waals surface area contributed by atoms with Crippen molar-refractivity contribution in [3.63, 3.8) is 0 Å². The van der Waals surface area contributed by atoms with E-state index < -0.39 is 0 Å². The molecule has 0 atom stereocenters. The molecule has 1 rings (SSSR count). The number of hydrogen-bond donors (Lipinski definition) is 1. The summed E-state index contributed by atoms with van der Waals surface area (Å²) in [6.07, 6.45) is 2.57. The van der Waals surface area contributed by atoms with Crippen molar-refractivity contribution in [3.8, 4) is 17.6 Å². The number of hydrogen-bond acceptors (Lipinski definition) is 4. The van der Waals surface area contributed by atoms with Crippen molar-refractivity contribution in [2.45, 2.75) is 39.7 Å². The molecular weight excluding hydrogens is 290 g/mol. The number of methoxy groups -OCH3 is 1. The van der Waals surface area contributed by atoms with Gasteiger partial charge in [0.25, 0.3) is 0 Å². The van der Waals surface area contributed by atoms with Crippen LogP contribution in [0.25, 0.3) is 0 Å². The van der Waals surface area contributed by atoms with Crippen LogP contribution in [0.15, 0.2) is 12.1 Å². The first kappa shape index (κ1) is 17.6. The zero-order chi connectivity index (χ0) is 15.9. The van der Waals surface area contributed by atoms with Gasteiger partial charge in [-0.15, -0.1) is 0 Å². The molecule has 21 heavy (non-hydrogen) atoms. The minimum absolute atomic E-state index is 0.159. The highest BCUT2D eigenvalue weighted by Crippen LogP contribution is 2.35. The van der Waals surface area contributed by atoms with Crippen molar-refractivity contribution in [1.82, 2.24) is 0 Å². The molecule has 0 saturated carbocycles. The molecule has 0 amide bonds. The van der Waals surface area contributed by atoms with Gasteiger partial charge in [-0.2, -0.15) is 5.26 Å². The molecule has 0 spiro atoms. The van der Waals surface area contributed by atoms with Crippen LogP contribution in [0.3, 0.4) is 0 Å². The molecule has 1 aromatic carbocycles. The highest BCUT2D eigenvalue weighted by Gasteiger charge is 2.16. The Labute approximate surface area is 131 Å². The second-order valence-corrected chi connectivity index (χ2v) is 5.99. The molecule has 0 saturated heterocycles. The minimum Gasteiger partial charge on any atom is -0.493 e. The first-order valence-electron chi connectivity index (χ1n) is 6.95. The van der Waals surface area contributed by atoms with Gasteiger partial charge in [-0.05, 0) is 39.2 Å². The smallest absolute Gasteiger partial charge is 0.166 e. The van der Waals surface area contributed by atoms with E-state index in [0.29, 0.717) is 28.7 Å². The number of nitriles is 1. The molecule has 1 aromatic rings. The minimum atomic E-state index is -0.297. The molecule has 0 aliphatic rings. The second kappa shape index (κ2) is 8.11. The molecule has 0 unspecified atom stereocenters. The number of aliphatic hydroxyl groups is 1. The Morgan fingerprint density at radius 3 is 2.62 bits per heavy atom. The predicted molar refractivity (Wildman–Crippen MR) is 82.7 cm³/mol. The lowest BCUT2D eigenvalue weighted by Gasteiger charge is -2.16. The van der Waals surface area contributed by atoms with Crippen LogP contribution in [0, 0.1) is 16.7 Å². The van der Waals surface area contributed by atoms with Crippen LogP contribution < -0.4 is 9.47 Å². The normalized spacial score (nSPS) is 11.0. The lowest BCUT2D eigenvalue weighted by atomic mass is 9.89. The first-order chi connectivity index (χ1) is 9.93. The summed E-state index contributed by atoms with van der Waals surface area (Å²) < 4.78 is 11.0. The largest absolute Gasteiger partial charge is 0.493 e. The van der Waals surface area contributed by atoms with Crippen LogP contribution in [0.1, 0.15) is 38.7 Å². The zero-order valence-corrected chi connectivity index (χ0v) is 13.5. The fourth-order valence-electron chi connectivity index (χ4n) is 1.95. The van der Waals surface area contributed by atoms with Crippen LogP contribution in [-0.4, -0.2) is 18.8 Å². The van der Waals surface area contributed by atoms with Crippen LogP contribution in [0.4, 0.5) is 0 Å². The fourth-order valence-corrected chi connectivity index (χ4v) is 2.19. The van der Waals surface area contributed by atoms with E-state index in [0.717, 1.165) is 19.3 Å². The summed E-state index contributed by atoms with van der Waals surface area (Å²) in [5.41, 5.74) is 0.311. The van der Waals surface area contributed by atoms with Crippen LogP contribution in [-0.2, 0) is 6.61 Å². The van der Waals surface area contributed by atoms with Gasteiger partial charge in [0, 0.05) is 16.7 Å². The summed E-state index contributed by atoms with van der Waals surface area (Å²) in [6.45, 7) is 4.21. The standard InChI is InChI=1S/C16H22ClNO3/c1-16(2,11-18)6-4-5-7-21-15-12(10-19)8-13(17)9-14(15)20-3/h8-9,19H,4-7,10H2,1-3H3. The van der Waals surface area contributed by atoms with Crippen molar-refractivity contribution in [2.24, 2.45) is 5.41 Å². The number of nitrogens with zero attached hydrogens (tertiary/aromatic N) is 1. The molecule has 0 bridgehead atoms. The van der Waals surface area contributed by atoms with Gasteiger partial charge < -0.3 is 14.6 Å².